The van der Waals surface area contributed by atoms with E-state index in [0.29, 0.717) is 0 Å². The topological polar surface area (TPSA) is 25.8 Å². The second-order valence-electron chi connectivity index (χ2n) is 4.88. The molecule has 21 heavy (non-hydrogen) atoms. The lowest BCUT2D eigenvalue weighted by Crippen LogP contribution is -1.86. The molecule has 0 aliphatic rings. The van der Waals surface area contributed by atoms with Crippen molar-refractivity contribution in [2.24, 2.45) is 0 Å². The number of fused-ring (bicyclic) bond motifs is 2. The molecule has 0 aliphatic carbocycles. The van der Waals surface area contributed by atoms with Gasteiger partial charge in [-0.2, -0.15) is 11.3 Å². The van der Waals surface area contributed by atoms with Gasteiger partial charge in [-0.05, 0) is 51.4 Å². The third-order valence-electron chi connectivity index (χ3n) is 3.41. The second kappa shape index (κ2) is 5.11. The van der Waals surface area contributed by atoms with E-state index >= 15 is 0 Å². The quantitative estimate of drug-likeness (QED) is 0.518. The van der Waals surface area contributed by atoms with Crippen LogP contribution in [-0.2, 0) is 0 Å². The fraction of sp³-hybridized carbons (Fsp3) is 0. The Morgan fingerprint density at radius 3 is 2.67 bits per heavy atom. The molecule has 0 saturated heterocycles. The van der Waals surface area contributed by atoms with Gasteiger partial charge in [0.1, 0.15) is 0 Å². The van der Waals surface area contributed by atoms with Gasteiger partial charge in [0.05, 0.1) is 22.9 Å². The number of thiophene rings is 1. The summed E-state index contributed by atoms with van der Waals surface area (Å²) in [7, 11) is 0. The summed E-state index contributed by atoms with van der Waals surface area (Å²) in [5, 5.41) is 6.91. The summed E-state index contributed by atoms with van der Waals surface area (Å²) in [6.45, 7) is 0. The Labute approximate surface area is 126 Å². The Balaban J connectivity index is 1.69. The van der Waals surface area contributed by atoms with Crippen molar-refractivity contribution in [1.29, 1.82) is 0 Å². The van der Waals surface area contributed by atoms with E-state index in [1.54, 1.807) is 11.3 Å². The second-order valence-corrected chi connectivity index (χ2v) is 5.62. The highest BCUT2D eigenvalue weighted by Gasteiger charge is 1.97. The average Bonchev–Trinajstić information content (AvgIpc) is 3.00. The van der Waals surface area contributed by atoms with Crippen LogP contribution in [0.1, 0.15) is 11.3 Å². The van der Waals surface area contributed by atoms with Crippen LogP contribution < -0.4 is 0 Å². The molecular weight excluding hydrogens is 276 g/mol. The van der Waals surface area contributed by atoms with E-state index in [-0.39, 0.29) is 0 Å². The lowest BCUT2D eigenvalue weighted by molar-refractivity contribution is 1.27. The molecule has 2 heterocycles. The third-order valence-corrected chi connectivity index (χ3v) is 4.19. The number of nitrogens with zero attached hydrogens (tertiary/aromatic N) is 2. The summed E-state index contributed by atoms with van der Waals surface area (Å²) in [6.07, 6.45) is 5.89. The van der Waals surface area contributed by atoms with Crippen LogP contribution in [0.2, 0.25) is 0 Å². The van der Waals surface area contributed by atoms with Crippen LogP contribution in [0.4, 0.5) is 0 Å². The molecule has 0 saturated carbocycles. The molecule has 0 bridgehead atoms. The molecule has 0 spiro atoms. The van der Waals surface area contributed by atoms with Gasteiger partial charge >= 0.3 is 0 Å². The van der Waals surface area contributed by atoms with E-state index in [1.807, 2.05) is 36.5 Å². The summed E-state index contributed by atoms with van der Waals surface area (Å²) in [5.74, 6) is 0. The molecule has 0 fully saturated rings. The van der Waals surface area contributed by atoms with E-state index in [2.05, 4.69) is 45.0 Å². The molecule has 2 nitrogen and oxygen atoms in total. The van der Waals surface area contributed by atoms with Crippen LogP contribution in [-0.4, -0.2) is 9.97 Å². The molecule has 0 amide bonds. The van der Waals surface area contributed by atoms with Crippen molar-refractivity contribution in [2.45, 2.75) is 0 Å². The fourth-order valence-corrected chi connectivity index (χ4v) is 3.10. The molecule has 0 N–H and O–H groups in total. The summed E-state index contributed by atoms with van der Waals surface area (Å²) in [6, 6.07) is 14.4. The normalized spacial score (nSPS) is 11.6. The van der Waals surface area contributed by atoms with E-state index in [9.17, 15) is 0 Å². The maximum atomic E-state index is 4.60. The first kappa shape index (κ1) is 12.2. The summed E-state index contributed by atoms with van der Waals surface area (Å²) in [4.78, 5) is 9.02. The molecule has 2 aromatic carbocycles. The number of para-hydroxylation sites is 2. The molecule has 2 aromatic heterocycles. The van der Waals surface area contributed by atoms with Crippen LogP contribution in [0.25, 0.3) is 34.0 Å². The van der Waals surface area contributed by atoms with E-state index in [0.717, 1.165) is 16.7 Å². The van der Waals surface area contributed by atoms with Crippen molar-refractivity contribution in [3.05, 3.63) is 70.7 Å². The van der Waals surface area contributed by atoms with Gasteiger partial charge in [-0.1, -0.05) is 30.3 Å². The Morgan fingerprint density at radius 1 is 0.857 bits per heavy atom. The monoisotopic (exact) mass is 288 g/mol. The van der Waals surface area contributed by atoms with Crippen LogP contribution in [0.3, 0.4) is 0 Å². The predicted molar refractivity (Wildman–Crippen MR) is 90.3 cm³/mol. The molecule has 0 unspecified atom stereocenters. The number of rotatable bonds is 2. The fourth-order valence-electron chi connectivity index (χ4n) is 2.32. The first-order chi connectivity index (χ1) is 10.4. The molecule has 0 atom stereocenters. The minimum absolute atomic E-state index is 0.874. The highest BCUT2D eigenvalue weighted by molar-refractivity contribution is 7.09. The molecule has 0 aliphatic heterocycles. The van der Waals surface area contributed by atoms with Gasteiger partial charge in [-0.15, -0.1) is 0 Å². The lowest BCUT2D eigenvalue weighted by Gasteiger charge is -1.98. The molecule has 4 rings (SSSR count). The molecule has 3 heteroatoms. The third kappa shape index (κ3) is 2.43. The largest absolute Gasteiger partial charge is 0.252 e. The maximum Gasteiger partial charge on any atom is 0.0894 e. The van der Waals surface area contributed by atoms with Crippen LogP contribution in [0.5, 0.6) is 0 Å². The number of hydrogen-bond acceptors (Lipinski definition) is 3. The highest BCUT2D eigenvalue weighted by atomic mass is 32.1. The average molecular weight is 288 g/mol. The zero-order valence-corrected chi connectivity index (χ0v) is 12.0. The first-order valence-electron chi connectivity index (χ1n) is 6.74. The highest BCUT2D eigenvalue weighted by Crippen LogP contribution is 2.21. The number of aromatic nitrogens is 2. The van der Waals surface area contributed by atoms with E-state index in [4.69, 9.17) is 0 Å². The smallest absolute Gasteiger partial charge is 0.0894 e. The van der Waals surface area contributed by atoms with Gasteiger partial charge in [0, 0.05) is 0 Å². The molecule has 100 valence electrons. The van der Waals surface area contributed by atoms with Crippen LogP contribution in [0, 0.1) is 0 Å². The molecule has 4 aromatic rings. The van der Waals surface area contributed by atoms with Crippen LogP contribution in [0.15, 0.2) is 59.4 Å². The van der Waals surface area contributed by atoms with Crippen molar-refractivity contribution in [2.75, 3.05) is 0 Å². The van der Waals surface area contributed by atoms with Crippen molar-refractivity contribution in [3.8, 4) is 0 Å². The van der Waals surface area contributed by atoms with Gasteiger partial charge in [0.15, 0.2) is 0 Å². The van der Waals surface area contributed by atoms with Crippen molar-refractivity contribution >= 4 is 45.3 Å². The standard InChI is InChI=1S/C18H12N2S/c1-2-4-18-17(3-1)19-10-16(20-18)8-6-13-5-7-14-11-21-12-15(14)9-13/h1-12H. The number of hydrogen-bond donors (Lipinski definition) is 0. The minimum atomic E-state index is 0.874. The summed E-state index contributed by atoms with van der Waals surface area (Å²) >= 11 is 1.73. The van der Waals surface area contributed by atoms with Crippen molar-refractivity contribution in [3.63, 3.8) is 0 Å². The Morgan fingerprint density at radius 2 is 1.71 bits per heavy atom. The Bertz CT molecular complexity index is 953. The predicted octanol–water partition coefficient (Wildman–Crippen LogP) is 5.01. The Hall–Kier alpha value is -2.52. The van der Waals surface area contributed by atoms with Crippen LogP contribution >= 0.6 is 11.3 Å². The maximum absolute atomic E-state index is 4.60. The lowest BCUT2D eigenvalue weighted by atomic mass is 10.1. The van der Waals surface area contributed by atoms with Gasteiger partial charge < -0.3 is 0 Å². The van der Waals surface area contributed by atoms with Gasteiger partial charge in [-0.3, -0.25) is 4.98 Å². The van der Waals surface area contributed by atoms with Gasteiger partial charge in [0.25, 0.3) is 0 Å². The molecule has 0 radical (unpaired) electrons. The van der Waals surface area contributed by atoms with Gasteiger partial charge in [0.2, 0.25) is 0 Å². The Kier molecular flexibility index (Phi) is 2.98. The van der Waals surface area contributed by atoms with Gasteiger partial charge in [-0.25, -0.2) is 4.98 Å². The van der Waals surface area contributed by atoms with Crippen molar-refractivity contribution in [1.82, 2.24) is 9.97 Å². The summed E-state index contributed by atoms with van der Waals surface area (Å²) in [5.41, 5.74) is 3.90. The van der Waals surface area contributed by atoms with E-state index < -0.39 is 0 Å². The number of benzene rings is 2. The van der Waals surface area contributed by atoms with Crippen molar-refractivity contribution < 1.29 is 0 Å². The zero-order chi connectivity index (χ0) is 14.1. The minimum Gasteiger partial charge on any atom is -0.252 e. The SMILES string of the molecule is C(=Cc1cnc2ccccc2n1)c1ccc2cscc2c1. The first-order valence-corrected chi connectivity index (χ1v) is 7.69. The zero-order valence-electron chi connectivity index (χ0n) is 11.2. The molecular formula is C18H12N2S. The van der Waals surface area contributed by atoms with E-state index in [1.165, 1.54) is 16.3 Å². The summed E-state index contributed by atoms with van der Waals surface area (Å²) < 4.78 is 0.